The summed E-state index contributed by atoms with van der Waals surface area (Å²) in [7, 11) is 0. The number of hydrogen-bond acceptors (Lipinski definition) is 1. The quantitative estimate of drug-likeness (QED) is 0.806. The lowest BCUT2D eigenvalue weighted by atomic mass is 10.1. The van der Waals surface area contributed by atoms with Crippen LogP contribution in [-0.4, -0.2) is 5.91 Å². The van der Waals surface area contributed by atoms with Crippen molar-refractivity contribution < 1.29 is 9.18 Å². The van der Waals surface area contributed by atoms with E-state index in [-0.39, 0.29) is 22.9 Å². The molecule has 5 heteroatoms. The third-order valence-corrected chi connectivity index (χ3v) is 4.72. The maximum Gasteiger partial charge on any atom is 0.228 e. The van der Waals surface area contributed by atoms with E-state index in [4.69, 9.17) is 11.6 Å². The van der Waals surface area contributed by atoms with Crippen molar-refractivity contribution in [2.24, 2.45) is 0 Å². The van der Waals surface area contributed by atoms with E-state index in [2.05, 4.69) is 21.2 Å². The van der Waals surface area contributed by atoms with Crippen LogP contribution in [0.15, 0.2) is 34.8 Å². The second kappa shape index (κ2) is 6.58. The minimum Gasteiger partial charge on any atom is -0.326 e. The second-order valence-electron chi connectivity index (χ2n) is 4.85. The Bertz CT molecular complexity index is 659. The Kier molecular flexibility index (Phi) is 5.01. The standard InChI is InChI=1S/C16H14BrClFNO/c1-9-6-11(7-10(2)16(9)17)20-15(21)8-12-13(18)4-3-5-14(12)19/h3-7H,8H2,1-2H3,(H,20,21). The number of benzene rings is 2. The first-order valence-corrected chi connectivity index (χ1v) is 7.55. The van der Waals surface area contributed by atoms with Crippen molar-refractivity contribution in [3.63, 3.8) is 0 Å². The van der Waals surface area contributed by atoms with E-state index < -0.39 is 5.82 Å². The van der Waals surface area contributed by atoms with E-state index in [0.29, 0.717) is 5.69 Å². The predicted molar refractivity (Wildman–Crippen MR) is 87.4 cm³/mol. The van der Waals surface area contributed by atoms with Crippen LogP contribution in [0.4, 0.5) is 10.1 Å². The first-order chi connectivity index (χ1) is 9.88. The fourth-order valence-electron chi connectivity index (χ4n) is 2.09. The fraction of sp³-hybridized carbons (Fsp3) is 0.188. The van der Waals surface area contributed by atoms with Crippen molar-refractivity contribution in [3.8, 4) is 0 Å². The second-order valence-corrected chi connectivity index (χ2v) is 6.05. The molecule has 0 unspecified atom stereocenters. The average molecular weight is 371 g/mol. The fourth-order valence-corrected chi connectivity index (χ4v) is 2.54. The molecule has 0 saturated carbocycles. The number of carbonyl (C=O) groups excluding carboxylic acids is 1. The van der Waals surface area contributed by atoms with Gasteiger partial charge in [-0.1, -0.05) is 33.6 Å². The average Bonchev–Trinajstić information content (AvgIpc) is 2.40. The van der Waals surface area contributed by atoms with Gasteiger partial charge in [-0.05, 0) is 49.2 Å². The highest BCUT2D eigenvalue weighted by atomic mass is 79.9. The summed E-state index contributed by atoms with van der Waals surface area (Å²) in [5, 5.41) is 3.03. The van der Waals surface area contributed by atoms with Crippen LogP contribution in [0.5, 0.6) is 0 Å². The van der Waals surface area contributed by atoms with Gasteiger partial charge in [-0.15, -0.1) is 0 Å². The molecule has 2 nitrogen and oxygen atoms in total. The smallest absolute Gasteiger partial charge is 0.228 e. The number of rotatable bonds is 3. The van der Waals surface area contributed by atoms with Gasteiger partial charge in [-0.25, -0.2) is 4.39 Å². The van der Waals surface area contributed by atoms with Crippen LogP contribution in [0, 0.1) is 19.7 Å². The Labute approximate surface area is 136 Å². The number of anilines is 1. The van der Waals surface area contributed by atoms with Crippen molar-refractivity contribution in [2.75, 3.05) is 5.32 Å². The molecule has 0 saturated heterocycles. The Morgan fingerprint density at radius 1 is 1.29 bits per heavy atom. The third kappa shape index (κ3) is 3.83. The number of halogens is 3. The lowest BCUT2D eigenvalue weighted by molar-refractivity contribution is -0.115. The number of nitrogens with one attached hydrogen (secondary N) is 1. The molecule has 0 aliphatic rings. The molecule has 0 bridgehead atoms. The van der Waals surface area contributed by atoms with Gasteiger partial charge >= 0.3 is 0 Å². The predicted octanol–water partition coefficient (Wildman–Crippen LogP) is 5.04. The Balaban J connectivity index is 2.16. The van der Waals surface area contributed by atoms with Crippen LogP contribution >= 0.6 is 27.5 Å². The van der Waals surface area contributed by atoms with Crippen LogP contribution in [0.2, 0.25) is 5.02 Å². The van der Waals surface area contributed by atoms with Crippen LogP contribution in [0.1, 0.15) is 16.7 Å². The molecular weight excluding hydrogens is 357 g/mol. The number of amides is 1. The van der Waals surface area contributed by atoms with Gasteiger partial charge < -0.3 is 5.32 Å². The summed E-state index contributed by atoms with van der Waals surface area (Å²) in [6.07, 6.45) is -0.0976. The highest BCUT2D eigenvalue weighted by Gasteiger charge is 2.12. The van der Waals surface area contributed by atoms with E-state index in [1.54, 1.807) is 6.07 Å². The van der Waals surface area contributed by atoms with E-state index in [0.717, 1.165) is 15.6 Å². The lowest BCUT2D eigenvalue weighted by Crippen LogP contribution is -2.15. The van der Waals surface area contributed by atoms with E-state index in [1.807, 2.05) is 26.0 Å². The molecule has 0 aliphatic carbocycles. The summed E-state index contributed by atoms with van der Waals surface area (Å²) < 4.78 is 14.7. The van der Waals surface area contributed by atoms with Gasteiger partial charge in [0.2, 0.25) is 5.91 Å². The summed E-state index contributed by atoms with van der Waals surface area (Å²) in [5.74, 6) is -0.774. The third-order valence-electron chi connectivity index (χ3n) is 3.12. The first kappa shape index (κ1) is 16.0. The summed E-state index contributed by atoms with van der Waals surface area (Å²) in [6.45, 7) is 3.89. The maximum absolute atomic E-state index is 13.7. The minimum absolute atomic E-state index is 0.0976. The molecule has 21 heavy (non-hydrogen) atoms. The van der Waals surface area contributed by atoms with Gasteiger partial charge in [0, 0.05) is 20.7 Å². The summed E-state index contributed by atoms with van der Waals surface area (Å²) >= 11 is 9.39. The van der Waals surface area contributed by atoms with Crippen molar-refractivity contribution >= 4 is 39.1 Å². The molecule has 1 amide bonds. The lowest BCUT2D eigenvalue weighted by Gasteiger charge is -2.10. The highest BCUT2D eigenvalue weighted by Crippen LogP contribution is 2.25. The van der Waals surface area contributed by atoms with Crippen molar-refractivity contribution in [1.29, 1.82) is 0 Å². The Morgan fingerprint density at radius 3 is 2.48 bits per heavy atom. The monoisotopic (exact) mass is 369 g/mol. The normalized spacial score (nSPS) is 10.5. The first-order valence-electron chi connectivity index (χ1n) is 6.38. The molecule has 0 atom stereocenters. The van der Waals surface area contributed by atoms with Gasteiger partial charge in [-0.3, -0.25) is 4.79 Å². The molecule has 0 aromatic heterocycles. The molecule has 110 valence electrons. The van der Waals surface area contributed by atoms with E-state index >= 15 is 0 Å². The zero-order chi connectivity index (χ0) is 15.6. The van der Waals surface area contributed by atoms with Gasteiger partial charge in [-0.2, -0.15) is 0 Å². The van der Waals surface area contributed by atoms with Gasteiger partial charge in [0.1, 0.15) is 5.82 Å². The Hall–Kier alpha value is -1.39. The number of carbonyl (C=O) groups is 1. The molecule has 0 aliphatic heterocycles. The largest absolute Gasteiger partial charge is 0.326 e. The topological polar surface area (TPSA) is 29.1 Å². The zero-order valence-electron chi connectivity index (χ0n) is 11.6. The van der Waals surface area contributed by atoms with Gasteiger partial charge in [0.15, 0.2) is 0 Å². The summed E-state index contributed by atoms with van der Waals surface area (Å²) in [5.41, 5.74) is 2.94. The van der Waals surface area contributed by atoms with Crippen molar-refractivity contribution in [2.45, 2.75) is 20.3 Å². The van der Waals surface area contributed by atoms with Gasteiger partial charge in [0.05, 0.1) is 6.42 Å². The zero-order valence-corrected chi connectivity index (χ0v) is 14.0. The minimum atomic E-state index is -0.471. The van der Waals surface area contributed by atoms with E-state index in [9.17, 15) is 9.18 Å². The molecule has 0 spiro atoms. The maximum atomic E-state index is 13.7. The highest BCUT2D eigenvalue weighted by molar-refractivity contribution is 9.10. The SMILES string of the molecule is Cc1cc(NC(=O)Cc2c(F)cccc2Cl)cc(C)c1Br. The van der Waals surface area contributed by atoms with Crippen LogP contribution in [0.25, 0.3) is 0 Å². The number of aryl methyl sites for hydroxylation is 2. The van der Waals surface area contributed by atoms with E-state index in [1.165, 1.54) is 12.1 Å². The molecule has 0 heterocycles. The molecular formula is C16H14BrClFNO. The van der Waals surface area contributed by atoms with Crippen LogP contribution in [0.3, 0.4) is 0 Å². The molecule has 0 fully saturated rings. The molecule has 0 radical (unpaired) electrons. The van der Waals surface area contributed by atoms with Crippen molar-refractivity contribution in [3.05, 3.63) is 62.3 Å². The van der Waals surface area contributed by atoms with Crippen LogP contribution in [-0.2, 0) is 11.2 Å². The molecule has 2 aromatic carbocycles. The molecule has 2 aromatic rings. The molecule has 1 N–H and O–H groups in total. The summed E-state index contributed by atoms with van der Waals surface area (Å²) in [4.78, 5) is 12.0. The molecule has 2 rings (SSSR count). The Morgan fingerprint density at radius 2 is 1.90 bits per heavy atom. The van der Waals surface area contributed by atoms with Gasteiger partial charge in [0.25, 0.3) is 0 Å². The van der Waals surface area contributed by atoms with Crippen LogP contribution < -0.4 is 5.32 Å². The number of hydrogen-bond donors (Lipinski definition) is 1. The summed E-state index contributed by atoms with van der Waals surface area (Å²) in [6, 6.07) is 8.10. The van der Waals surface area contributed by atoms with Crippen molar-refractivity contribution in [1.82, 2.24) is 0 Å².